The highest BCUT2D eigenvalue weighted by Gasteiger charge is 2.05. The van der Waals surface area contributed by atoms with E-state index in [1.807, 2.05) is 19.1 Å². The third kappa shape index (κ3) is 4.15. The Morgan fingerprint density at radius 3 is 2.52 bits per heavy atom. The Labute approximate surface area is 139 Å². The van der Waals surface area contributed by atoms with Gasteiger partial charge in [-0.3, -0.25) is 4.79 Å². The third-order valence-corrected chi connectivity index (χ3v) is 3.91. The van der Waals surface area contributed by atoms with E-state index < -0.39 is 0 Å². The molecule has 2 rings (SSSR count). The summed E-state index contributed by atoms with van der Waals surface area (Å²) in [5, 5.41) is 13.5. The van der Waals surface area contributed by atoms with Gasteiger partial charge < -0.3 is 5.11 Å². The zero-order valence-corrected chi connectivity index (χ0v) is 14.3. The fourth-order valence-corrected chi connectivity index (χ4v) is 2.90. The van der Waals surface area contributed by atoms with Crippen molar-refractivity contribution in [3.63, 3.8) is 0 Å². The molecule has 0 radical (unpaired) electrons. The molecule has 6 heteroatoms. The number of carbonyl (C=O) groups is 1. The Morgan fingerprint density at radius 1 is 1.24 bits per heavy atom. The molecule has 0 fully saturated rings. The summed E-state index contributed by atoms with van der Waals surface area (Å²) >= 11 is 6.47. The number of phenolic OH excluding ortho intramolecular Hbond substituents is 1. The Bertz CT molecular complexity index is 692. The van der Waals surface area contributed by atoms with E-state index in [1.54, 1.807) is 24.3 Å². The zero-order valence-electron chi connectivity index (χ0n) is 11.1. The number of carbonyl (C=O) groups excluding carboxylic acids is 1. The van der Waals surface area contributed by atoms with Crippen LogP contribution in [-0.4, -0.2) is 17.2 Å². The van der Waals surface area contributed by atoms with Gasteiger partial charge in [0.15, 0.2) is 0 Å². The summed E-state index contributed by atoms with van der Waals surface area (Å²) in [7, 11) is 0. The van der Waals surface area contributed by atoms with Crippen LogP contribution in [0.5, 0.6) is 5.75 Å². The van der Waals surface area contributed by atoms with Gasteiger partial charge in [0.2, 0.25) is 0 Å². The molecule has 108 valence electrons. The van der Waals surface area contributed by atoms with E-state index >= 15 is 0 Å². The van der Waals surface area contributed by atoms with Crippen LogP contribution in [0, 0.1) is 6.92 Å². The largest absolute Gasteiger partial charge is 0.506 e. The molecule has 0 aliphatic heterocycles. The Kier molecular flexibility index (Phi) is 5.14. The smallest absolute Gasteiger partial charge is 0.271 e. The lowest BCUT2D eigenvalue weighted by Crippen LogP contribution is -2.17. The minimum atomic E-state index is -0.271. The van der Waals surface area contributed by atoms with Gasteiger partial charge in [-0.2, -0.15) is 5.10 Å². The maximum Gasteiger partial charge on any atom is 0.271 e. The van der Waals surface area contributed by atoms with Crippen molar-refractivity contribution in [2.24, 2.45) is 5.10 Å². The molecule has 0 spiro atoms. The quantitative estimate of drug-likeness (QED) is 0.592. The molecule has 0 unspecified atom stereocenters. The van der Waals surface area contributed by atoms with Crippen LogP contribution in [0.1, 0.15) is 21.5 Å². The van der Waals surface area contributed by atoms with Crippen LogP contribution in [0.25, 0.3) is 0 Å². The lowest BCUT2D eigenvalue weighted by Gasteiger charge is -2.03. The molecule has 0 atom stereocenters. The highest BCUT2D eigenvalue weighted by molar-refractivity contribution is 9.11. The summed E-state index contributed by atoms with van der Waals surface area (Å²) in [6.45, 7) is 1.92. The number of hydrogen-bond donors (Lipinski definition) is 2. The van der Waals surface area contributed by atoms with Crippen molar-refractivity contribution in [2.75, 3.05) is 0 Å². The Hall–Kier alpha value is -1.66. The lowest BCUT2D eigenvalue weighted by molar-refractivity contribution is 0.0955. The summed E-state index contributed by atoms with van der Waals surface area (Å²) in [6.07, 6.45) is 1.50. The molecular formula is C15H12Br2N2O2. The first kappa shape index (κ1) is 15.7. The first-order valence-corrected chi connectivity index (χ1v) is 7.64. The first-order chi connectivity index (χ1) is 9.97. The summed E-state index contributed by atoms with van der Waals surface area (Å²) < 4.78 is 1.09. The first-order valence-electron chi connectivity index (χ1n) is 6.05. The highest BCUT2D eigenvalue weighted by atomic mass is 79.9. The number of aryl methyl sites for hydroxylation is 1. The van der Waals surface area contributed by atoms with Crippen LogP contribution in [-0.2, 0) is 0 Å². The van der Waals surface area contributed by atoms with E-state index in [-0.39, 0.29) is 11.7 Å². The van der Waals surface area contributed by atoms with Crippen molar-refractivity contribution in [3.8, 4) is 5.75 Å². The number of nitrogens with zero attached hydrogens (tertiary/aromatic N) is 1. The van der Waals surface area contributed by atoms with Gasteiger partial charge in [-0.25, -0.2) is 5.43 Å². The molecule has 0 heterocycles. The van der Waals surface area contributed by atoms with Crippen LogP contribution >= 0.6 is 31.9 Å². The van der Waals surface area contributed by atoms with Crippen LogP contribution in [0.2, 0.25) is 0 Å². The van der Waals surface area contributed by atoms with E-state index in [0.29, 0.717) is 14.5 Å². The molecule has 4 nitrogen and oxygen atoms in total. The molecule has 0 aliphatic rings. The minimum absolute atomic E-state index is 0.121. The van der Waals surface area contributed by atoms with Crippen LogP contribution < -0.4 is 5.43 Å². The Balaban J connectivity index is 2.07. The summed E-state index contributed by atoms with van der Waals surface area (Å²) in [4.78, 5) is 11.9. The predicted molar refractivity (Wildman–Crippen MR) is 89.7 cm³/mol. The van der Waals surface area contributed by atoms with Crippen molar-refractivity contribution in [1.82, 2.24) is 5.43 Å². The standard InChI is InChI=1S/C15H12Br2N2O2/c1-9-3-2-4-11(5-9)15(21)19-18-8-10-6-12(16)14(20)13(17)7-10/h2-8,20H,1H3,(H,19,21)/b18-8-. The van der Waals surface area contributed by atoms with Crippen LogP contribution in [0.15, 0.2) is 50.4 Å². The van der Waals surface area contributed by atoms with Crippen molar-refractivity contribution in [3.05, 3.63) is 62.0 Å². The molecule has 0 bridgehead atoms. The molecule has 2 N–H and O–H groups in total. The second kappa shape index (κ2) is 6.87. The van der Waals surface area contributed by atoms with Gasteiger partial charge in [-0.05, 0) is 68.6 Å². The fourth-order valence-electron chi connectivity index (χ4n) is 1.68. The van der Waals surface area contributed by atoms with Gasteiger partial charge in [0.05, 0.1) is 15.2 Å². The second-order valence-electron chi connectivity index (χ2n) is 4.40. The van der Waals surface area contributed by atoms with Crippen molar-refractivity contribution in [2.45, 2.75) is 6.92 Å². The van der Waals surface area contributed by atoms with E-state index in [2.05, 4.69) is 42.4 Å². The number of amides is 1. The molecule has 0 aromatic heterocycles. The molecule has 0 saturated heterocycles. The third-order valence-electron chi connectivity index (χ3n) is 2.70. The summed E-state index contributed by atoms with van der Waals surface area (Å²) in [6, 6.07) is 10.7. The highest BCUT2D eigenvalue weighted by Crippen LogP contribution is 2.32. The maximum atomic E-state index is 11.9. The number of aromatic hydroxyl groups is 1. The van der Waals surface area contributed by atoms with Gasteiger partial charge in [-0.15, -0.1) is 0 Å². The van der Waals surface area contributed by atoms with E-state index in [9.17, 15) is 9.90 Å². The molecule has 2 aromatic carbocycles. The van der Waals surface area contributed by atoms with Crippen molar-refractivity contribution >= 4 is 44.0 Å². The van der Waals surface area contributed by atoms with Gasteiger partial charge in [0, 0.05) is 5.56 Å². The molecule has 0 aliphatic carbocycles. The van der Waals surface area contributed by atoms with Gasteiger partial charge in [0.1, 0.15) is 5.75 Å². The van der Waals surface area contributed by atoms with Crippen LogP contribution in [0.4, 0.5) is 0 Å². The van der Waals surface area contributed by atoms with E-state index in [0.717, 1.165) is 11.1 Å². The molecule has 21 heavy (non-hydrogen) atoms. The van der Waals surface area contributed by atoms with Gasteiger partial charge in [-0.1, -0.05) is 17.7 Å². The molecule has 0 saturated carbocycles. The van der Waals surface area contributed by atoms with Gasteiger partial charge in [0.25, 0.3) is 5.91 Å². The predicted octanol–water partition coefficient (Wildman–Crippen LogP) is 3.99. The summed E-state index contributed by atoms with van der Waals surface area (Å²) in [5.74, 6) is -0.150. The number of rotatable bonds is 3. The lowest BCUT2D eigenvalue weighted by atomic mass is 10.1. The molecular weight excluding hydrogens is 400 g/mol. The minimum Gasteiger partial charge on any atom is -0.506 e. The SMILES string of the molecule is Cc1cccc(C(=O)N/N=C\c2cc(Br)c(O)c(Br)c2)c1. The fraction of sp³-hybridized carbons (Fsp3) is 0.0667. The van der Waals surface area contributed by atoms with E-state index in [4.69, 9.17) is 0 Å². The monoisotopic (exact) mass is 410 g/mol. The normalized spacial score (nSPS) is 10.8. The average Bonchev–Trinajstić information content (AvgIpc) is 2.44. The average molecular weight is 412 g/mol. The number of hydrazone groups is 1. The van der Waals surface area contributed by atoms with Crippen LogP contribution in [0.3, 0.4) is 0 Å². The van der Waals surface area contributed by atoms with Crippen molar-refractivity contribution in [1.29, 1.82) is 0 Å². The van der Waals surface area contributed by atoms with Gasteiger partial charge >= 0.3 is 0 Å². The zero-order chi connectivity index (χ0) is 15.4. The van der Waals surface area contributed by atoms with E-state index in [1.165, 1.54) is 6.21 Å². The molecule has 1 amide bonds. The Morgan fingerprint density at radius 2 is 1.90 bits per heavy atom. The number of hydrogen-bond acceptors (Lipinski definition) is 3. The summed E-state index contributed by atoms with van der Waals surface area (Å²) in [5.41, 5.74) is 4.77. The topological polar surface area (TPSA) is 61.7 Å². The molecule has 2 aromatic rings. The number of nitrogens with one attached hydrogen (secondary N) is 1. The van der Waals surface area contributed by atoms with Crippen molar-refractivity contribution < 1.29 is 9.90 Å². The maximum absolute atomic E-state index is 11.9. The number of phenols is 1. The number of benzene rings is 2. The second-order valence-corrected chi connectivity index (χ2v) is 6.11. The number of halogens is 2.